The van der Waals surface area contributed by atoms with Crippen LogP contribution in [0.15, 0.2) is 200 Å². The van der Waals surface area contributed by atoms with Crippen LogP contribution in [0.4, 0.5) is 0 Å². The van der Waals surface area contributed by atoms with Crippen molar-refractivity contribution < 1.29 is 5.48 Å². The third-order valence-corrected chi connectivity index (χ3v) is 14.0. The molecule has 0 aliphatic heterocycles. The van der Waals surface area contributed by atoms with Crippen molar-refractivity contribution >= 4 is 50.6 Å². The van der Waals surface area contributed by atoms with Gasteiger partial charge in [-0.15, -0.1) is 0 Å². The maximum atomic E-state index is 10.2. The molecule has 0 fully saturated rings. The maximum Gasteiger partial charge on any atom is 0.235 e. The molecule has 0 unspecified atom stereocenters. The Morgan fingerprint density at radius 2 is 0.880 bits per heavy atom. The first kappa shape index (κ1) is 25.6. The Kier molecular flexibility index (Phi) is 6.45. The van der Waals surface area contributed by atoms with Crippen LogP contribution >= 0.6 is 0 Å². The summed E-state index contributed by atoms with van der Waals surface area (Å²) in [5.74, 6) is 0.392. The summed E-state index contributed by atoms with van der Waals surface area (Å²) in [7, 11) is -3.45. The predicted octanol–water partition coefficient (Wildman–Crippen LogP) is 8.29. The van der Waals surface area contributed by atoms with Gasteiger partial charge in [-0.3, -0.25) is 4.57 Å². The summed E-state index contributed by atoms with van der Waals surface area (Å²) in [6.45, 7) is 0. The van der Waals surface area contributed by atoms with Crippen LogP contribution in [0.1, 0.15) is 5.48 Å². The summed E-state index contributed by atoms with van der Waals surface area (Å²) in [5, 5.41) is 5.50. The molecule has 0 saturated heterocycles. The Bertz CT molecular complexity index is 2660. The van der Waals surface area contributed by atoms with Gasteiger partial charge in [0.1, 0.15) is 0 Å². The van der Waals surface area contributed by atoms with Gasteiger partial charge in [-0.25, -0.2) is 9.97 Å². The lowest BCUT2D eigenvalue weighted by Gasteiger charge is -2.34. The summed E-state index contributed by atoms with van der Waals surface area (Å²) in [4.78, 5) is 10.3. The minimum absolute atomic E-state index is 0.0232. The van der Waals surface area contributed by atoms with E-state index in [1.54, 1.807) is 0 Å². The number of aromatic nitrogens is 3. The van der Waals surface area contributed by atoms with Gasteiger partial charge in [0, 0.05) is 21.9 Å². The molecule has 236 valence electrons. The molecule has 7 aromatic carbocycles. The molecule has 3 nitrogen and oxygen atoms in total. The van der Waals surface area contributed by atoms with Crippen LogP contribution in [-0.2, 0) is 0 Å². The third-order valence-electron chi connectivity index (χ3n) is 9.44. The number of benzene rings is 7. The van der Waals surface area contributed by atoms with Crippen molar-refractivity contribution in [1.29, 1.82) is 0 Å². The van der Waals surface area contributed by atoms with Gasteiger partial charge in [0.05, 0.1) is 27.9 Å². The number of fused-ring (bicyclic) bond motifs is 3. The molecule has 0 aliphatic carbocycles. The van der Waals surface area contributed by atoms with Crippen LogP contribution < -0.4 is 20.7 Å². The van der Waals surface area contributed by atoms with Gasteiger partial charge in [0.2, 0.25) is 5.95 Å². The fourth-order valence-electron chi connectivity index (χ4n) is 7.21. The normalized spacial score (nSPS) is 12.7. The predicted molar refractivity (Wildman–Crippen MR) is 211 cm³/mol. The van der Waals surface area contributed by atoms with Gasteiger partial charge in [-0.05, 0) is 38.9 Å². The van der Waals surface area contributed by atoms with Crippen molar-refractivity contribution in [1.82, 2.24) is 14.5 Å². The Hall–Kier alpha value is -6.36. The SMILES string of the molecule is [2H]c1c([2H])c(-c2cc(-c3ccccc3)nc(-n3c4ccccc4c4ccccc43)n2)c([2H])c([Si](c2ccccc2)(c2ccccc2)c2ccccc2)c1[2H]. The van der Waals surface area contributed by atoms with Crippen LogP contribution in [-0.4, -0.2) is 22.6 Å². The Labute approximate surface area is 298 Å². The van der Waals surface area contributed by atoms with E-state index in [0.29, 0.717) is 22.5 Å². The number of hydrogen-bond acceptors (Lipinski definition) is 2. The van der Waals surface area contributed by atoms with Crippen LogP contribution in [0.3, 0.4) is 0 Å². The van der Waals surface area contributed by atoms with Gasteiger partial charge >= 0.3 is 0 Å². The van der Waals surface area contributed by atoms with E-state index >= 15 is 0 Å². The molecule has 4 heteroatoms. The van der Waals surface area contributed by atoms with Gasteiger partial charge in [-0.2, -0.15) is 0 Å². The summed E-state index contributed by atoms with van der Waals surface area (Å²) in [6, 6.07) is 57.7. The zero-order valence-electron chi connectivity index (χ0n) is 31.1. The van der Waals surface area contributed by atoms with Gasteiger partial charge in [-0.1, -0.05) is 182 Å². The smallest absolute Gasteiger partial charge is 0.235 e. The highest BCUT2D eigenvalue weighted by Crippen LogP contribution is 2.33. The lowest BCUT2D eigenvalue weighted by Crippen LogP contribution is -2.74. The number of nitrogens with zero attached hydrogens (tertiary/aromatic N) is 3. The average Bonchev–Trinajstić information content (AvgIpc) is 3.57. The molecule has 0 aliphatic rings. The van der Waals surface area contributed by atoms with Crippen LogP contribution in [0.2, 0.25) is 0 Å². The van der Waals surface area contributed by atoms with E-state index in [1.165, 1.54) is 0 Å². The lowest BCUT2D eigenvalue weighted by atomic mass is 10.1. The highest BCUT2D eigenvalue weighted by molar-refractivity contribution is 7.19. The summed E-state index contributed by atoms with van der Waals surface area (Å²) in [5.41, 5.74) is 3.89. The number of hydrogen-bond donors (Lipinski definition) is 0. The first-order valence-corrected chi connectivity index (χ1v) is 18.7. The van der Waals surface area contributed by atoms with E-state index in [1.807, 2.05) is 132 Å². The molecule has 9 aromatic rings. The topological polar surface area (TPSA) is 30.7 Å². The minimum atomic E-state index is -3.45. The molecule has 50 heavy (non-hydrogen) atoms. The second-order valence-corrected chi connectivity index (χ2v) is 16.0. The van der Waals surface area contributed by atoms with Crippen LogP contribution in [0.25, 0.3) is 50.3 Å². The van der Waals surface area contributed by atoms with E-state index in [-0.39, 0.29) is 29.7 Å². The molecule has 0 radical (unpaired) electrons. The Morgan fingerprint density at radius 3 is 1.40 bits per heavy atom. The highest BCUT2D eigenvalue weighted by atomic mass is 28.3. The van der Waals surface area contributed by atoms with Crippen molar-refractivity contribution in [2.24, 2.45) is 0 Å². The van der Waals surface area contributed by atoms with Crippen molar-refractivity contribution in [3.63, 3.8) is 0 Å². The van der Waals surface area contributed by atoms with E-state index in [2.05, 4.69) is 48.5 Å². The van der Waals surface area contributed by atoms with Crippen molar-refractivity contribution in [3.05, 3.63) is 200 Å². The first-order valence-electron chi connectivity index (χ1n) is 18.7. The minimum Gasteiger partial charge on any atom is -0.278 e. The fourth-order valence-corrected chi connectivity index (χ4v) is 11.7. The van der Waals surface area contributed by atoms with E-state index in [9.17, 15) is 5.48 Å². The lowest BCUT2D eigenvalue weighted by molar-refractivity contribution is 0.996. The molecular formula is C46H33N3Si. The third kappa shape index (κ3) is 4.97. The zero-order chi connectivity index (χ0) is 36.8. The molecule has 0 bridgehead atoms. The molecule has 0 spiro atoms. The van der Waals surface area contributed by atoms with E-state index in [0.717, 1.165) is 42.9 Å². The second-order valence-electron chi connectivity index (χ2n) is 12.3. The molecule has 0 amide bonds. The molecule has 0 N–H and O–H groups in total. The molecule has 2 heterocycles. The van der Waals surface area contributed by atoms with Crippen LogP contribution in [0, 0.1) is 0 Å². The molecule has 0 saturated carbocycles. The fraction of sp³-hybridized carbons (Fsp3) is 0. The second kappa shape index (κ2) is 12.6. The summed E-state index contributed by atoms with van der Waals surface area (Å²) < 4.78 is 40.7. The van der Waals surface area contributed by atoms with Gasteiger partial charge < -0.3 is 0 Å². The highest BCUT2D eigenvalue weighted by Gasteiger charge is 2.41. The molecular weight excluding hydrogens is 623 g/mol. The van der Waals surface area contributed by atoms with Gasteiger partial charge in [0.25, 0.3) is 0 Å². The van der Waals surface area contributed by atoms with Crippen molar-refractivity contribution in [2.75, 3.05) is 0 Å². The molecule has 9 rings (SSSR count). The molecule has 0 atom stereocenters. The Balaban J connectivity index is 1.41. The van der Waals surface area contributed by atoms with Crippen molar-refractivity contribution in [2.45, 2.75) is 0 Å². The standard InChI is InChI=1S/C46H33N3Si/c1-5-18-34(19-6-1)42-33-43(48-46(47-42)49-44-30-15-13-28-40(44)41-29-14-16-31-45(41)49)35-20-17-27-39(32-35)50(36-21-7-2-8-22-36,37-23-9-3-10-24-37)38-25-11-4-12-26-38/h1-33H/i17D,20D,27D,32D. The van der Waals surface area contributed by atoms with E-state index in [4.69, 9.17) is 9.97 Å². The molecule has 2 aromatic heterocycles. The largest absolute Gasteiger partial charge is 0.278 e. The quantitative estimate of drug-likeness (QED) is 0.127. The monoisotopic (exact) mass is 659 g/mol. The Morgan fingerprint density at radius 1 is 0.440 bits per heavy atom. The first-order chi connectivity index (χ1) is 26.5. The summed E-state index contributed by atoms with van der Waals surface area (Å²) >= 11 is 0. The summed E-state index contributed by atoms with van der Waals surface area (Å²) in [6.07, 6.45) is 0. The van der Waals surface area contributed by atoms with E-state index < -0.39 is 8.07 Å². The van der Waals surface area contributed by atoms with Crippen LogP contribution in [0.5, 0.6) is 0 Å². The average molecular weight is 660 g/mol. The number of rotatable bonds is 7. The van der Waals surface area contributed by atoms with Crippen molar-refractivity contribution in [3.8, 4) is 28.5 Å². The maximum absolute atomic E-state index is 10.2. The zero-order valence-corrected chi connectivity index (χ0v) is 28.1. The van der Waals surface area contributed by atoms with Gasteiger partial charge in [0.15, 0.2) is 8.07 Å². The number of para-hydroxylation sites is 2.